The third-order valence-electron chi connectivity index (χ3n) is 5.12. The highest BCUT2D eigenvalue weighted by molar-refractivity contribution is 6.02. The average molecular weight is 341 g/mol. The predicted octanol–water partition coefficient (Wildman–Crippen LogP) is 1.26. The number of nitrogens with zero attached hydrogens (tertiary/aromatic N) is 2. The van der Waals surface area contributed by atoms with E-state index in [0.717, 1.165) is 41.8 Å². The van der Waals surface area contributed by atoms with Gasteiger partial charge in [-0.1, -0.05) is 0 Å². The van der Waals surface area contributed by atoms with Crippen LogP contribution in [0.25, 0.3) is 10.9 Å². The maximum absolute atomic E-state index is 12.2. The fourth-order valence-corrected chi connectivity index (χ4v) is 3.80. The molecule has 2 aromatic rings. The van der Waals surface area contributed by atoms with Gasteiger partial charge in [-0.15, -0.1) is 0 Å². The number of amides is 2. The van der Waals surface area contributed by atoms with Gasteiger partial charge < -0.3 is 10.6 Å². The van der Waals surface area contributed by atoms with Crippen molar-refractivity contribution in [2.75, 3.05) is 18.4 Å². The molecule has 0 saturated carbocycles. The second-order valence-corrected chi connectivity index (χ2v) is 6.93. The van der Waals surface area contributed by atoms with Crippen LogP contribution in [0.3, 0.4) is 0 Å². The zero-order valence-electron chi connectivity index (χ0n) is 14.3. The Hall–Kier alpha value is -2.41. The molecule has 4 rings (SSSR count). The minimum absolute atomic E-state index is 0.200. The number of hydrogen-bond donors (Lipinski definition) is 3. The van der Waals surface area contributed by atoms with Gasteiger partial charge in [0.2, 0.25) is 11.8 Å². The first kappa shape index (κ1) is 16.1. The van der Waals surface area contributed by atoms with Crippen molar-refractivity contribution in [2.45, 2.75) is 37.6 Å². The Morgan fingerprint density at radius 1 is 1.28 bits per heavy atom. The molecular formula is C18H23N5O2. The topological polar surface area (TPSA) is 88.0 Å². The minimum atomic E-state index is -0.359. The summed E-state index contributed by atoms with van der Waals surface area (Å²) in [4.78, 5) is 23.6. The Labute approximate surface area is 146 Å². The molecule has 2 atom stereocenters. The van der Waals surface area contributed by atoms with Crippen molar-refractivity contribution in [1.82, 2.24) is 20.4 Å². The summed E-state index contributed by atoms with van der Waals surface area (Å²) in [7, 11) is 1.89. The third kappa shape index (κ3) is 3.11. The van der Waals surface area contributed by atoms with Gasteiger partial charge in [-0.05, 0) is 44.0 Å². The Bertz CT molecular complexity index is 822. The van der Waals surface area contributed by atoms with Crippen LogP contribution in [-0.2, 0) is 16.6 Å². The first-order chi connectivity index (χ1) is 12.1. The Balaban J connectivity index is 1.62. The van der Waals surface area contributed by atoms with Gasteiger partial charge in [-0.2, -0.15) is 5.10 Å². The van der Waals surface area contributed by atoms with Crippen molar-refractivity contribution in [2.24, 2.45) is 7.05 Å². The van der Waals surface area contributed by atoms with Crippen LogP contribution in [0.2, 0.25) is 0 Å². The van der Waals surface area contributed by atoms with E-state index in [-0.39, 0.29) is 17.7 Å². The first-order valence-corrected chi connectivity index (χ1v) is 8.89. The van der Waals surface area contributed by atoms with Crippen LogP contribution in [-0.4, -0.2) is 40.7 Å². The number of fused-ring (bicyclic) bond motifs is 1. The molecule has 2 aliphatic rings. The number of anilines is 1. The van der Waals surface area contributed by atoms with Gasteiger partial charge in [-0.25, -0.2) is 0 Å². The van der Waals surface area contributed by atoms with E-state index in [0.29, 0.717) is 18.9 Å². The summed E-state index contributed by atoms with van der Waals surface area (Å²) in [6.45, 7) is 2.07. The molecule has 2 fully saturated rings. The van der Waals surface area contributed by atoms with Crippen LogP contribution >= 0.6 is 0 Å². The van der Waals surface area contributed by atoms with Gasteiger partial charge >= 0.3 is 0 Å². The average Bonchev–Trinajstić information content (AvgIpc) is 2.92. The number of carbonyl (C=O) groups is 2. The molecule has 0 bridgehead atoms. The Morgan fingerprint density at radius 2 is 2.16 bits per heavy atom. The highest BCUT2D eigenvalue weighted by Crippen LogP contribution is 2.31. The number of benzene rings is 1. The van der Waals surface area contributed by atoms with Gasteiger partial charge in [0.05, 0.1) is 17.1 Å². The number of hydrogen-bond acceptors (Lipinski definition) is 5. The van der Waals surface area contributed by atoms with Gasteiger partial charge in [0.1, 0.15) is 0 Å². The molecule has 7 nitrogen and oxygen atoms in total. The molecule has 132 valence electrons. The number of aryl methyl sites for hydroxylation is 1. The van der Waals surface area contributed by atoms with Gasteiger partial charge in [0.15, 0.2) is 0 Å². The molecule has 7 heteroatoms. The molecule has 1 aromatic carbocycles. The smallest absolute Gasteiger partial charge is 0.235 e. The zero-order chi connectivity index (χ0) is 17.4. The van der Waals surface area contributed by atoms with Crippen LogP contribution in [0.5, 0.6) is 0 Å². The highest BCUT2D eigenvalue weighted by Gasteiger charge is 2.31. The maximum Gasteiger partial charge on any atom is 0.235 e. The second-order valence-electron chi connectivity index (χ2n) is 6.93. The molecule has 1 unspecified atom stereocenters. The van der Waals surface area contributed by atoms with Crippen LogP contribution in [0.4, 0.5) is 5.69 Å². The Kier molecular flexibility index (Phi) is 4.17. The molecule has 0 radical (unpaired) electrons. The van der Waals surface area contributed by atoms with Crippen molar-refractivity contribution in [1.29, 1.82) is 0 Å². The quantitative estimate of drug-likeness (QED) is 0.732. The molecule has 3 N–H and O–H groups in total. The molecule has 3 heterocycles. The van der Waals surface area contributed by atoms with Crippen molar-refractivity contribution >= 4 is 28.4 Å². The molecular weight excluding hydrogens is 318 g/mol. The summed E-state index contributed by atoms with van der Waals surface area (Å²) in [5.74, 6) is -0.802. The SMILES string of the molecule is Cn1nc(C2CCC(=O)NC2=O)c2ccc(N[C@H]3CCCNC3)cc21. The van der Waals surface area contributed by atoms with Gasteiger partial charge in [-0.3, -0.25) is 19.6 Å². The number of carbonyl (C=O) groups excluding carboxylic acids is 2. The van der Waals surface area contributed by atoms with Crippen LogP contribution < -0.4 is 16.0 Å². The second kappa shape index (κ2) is 6.48. The highest BCUT2D eigenvalue weighted by atomic mass is 16.2. The molecule has 2 aliphatic heterocycles. The van der Waals surface area contributed by atoms with Gasteiger partial charge in [0.25, 0.3) is 0 Å². The van der Waals surface area contributed by atoms with E-state index in [1.165, 1.54) is 6.42 Å². The molecule has 2 saturated heterocycles. The van der Waals surface area contributed by atoms with E-state index in [4.69, 9.17) is 0 Å². The number of rotatable bonds is 3. The lowest BCUT2D eigenvalue weighted by molar-refractivity contribution is -0.134. The summed E-state index contributed by atoms with van der Waals surface area (Å²) in [5.41, 5.74) is 2.82. The number of aromatic nitrogens is 2. The minimum Gasteiger partial charge on any atom is -0.381 e. The lowest BCUT2D eigenvalue weighted by Gasteiger charge is -2.24. The Morgan fingerprint density at radius 3 is 2.92 bits per heavy atom. The fourth-order valence-electron chi connectivity index (χ4n) is 3.80. The summed E-state index contributed by atoms with van der Waals surface area (Å²) in [6.07, 6.45) is 3.23. The molecule has 2 amide bonds. The van der Waals surface area contributed by atoms with Crippen LogP contribution in [0.1, 0.15) is 37.3 Å². The summed E-state index contributed by atoms with van der Waals surface area (Å²) in [6, 6.07) is 6.61. The summed E-state index contributed by atoms with van der Waals surface area (Å²) < 4.78 is 1.82. The maximum atomic E-state index is 12.2. The number of piperidine rings is 2. The standard InChI is InChI=1S/C18H23N5O2/c1-23-15-9-11(20-12-3-2-8-19-10-12)4-5-13(15)17(22-23)14-6-7-16(24)21-18(14)25/h4-5,9,12,14,19-20H,2-3,6-8,10H2,1H3,(H,21,24,25)/t12-,14?/m0/s1. The largest absolute Gasteiger partial charge is 0.381 e. The van der Waals surface area contributed by atoms with E-state index in [2.05, 4.69) is 27.1 Å². The lowest BCUT2D eigenvalue weighted by Crippen LogP contribution is -2.39. The zero-order valence-corrected chi connectivity index (χ0v) is 14.3. The summed E-state index contributed by atoms with van der Waals surface area (Å²) in [5, 5.41) is 15.0. The lowest BCUT2D eigenvalue weighted by atomic mass is 9.93. The van der Waals surface area contributed by atoms with Crippen LogP contribution in [0, 0.1) is 0 Å². The van der Waals surface area contributed by atoms with Crippen molar-refractivity contribution in [3.63, 3.8) is 0 Å². The molecule has 0 spiro atoms. The van der Waals surface area contributed by atoms with Gasteiger partial charge in [0, 0.05) is 37.1 Å². The molecule has 1 aromatic heterocycles. The number of imide groups is 1. The number of nitrogens with one attached hydrogen (secondary N) is 3. The predicted molar refractivity (Wildman–Crippen MR) is 95.4 cm³/mol. The third-order valence-corrected chi connectivity index (χ3v) is 5.12. The van der Waals surface area contributed by atoms with Crippen molar-refractivity contribution < 1.29 is 9.59 Å². The van der Waals surface area contributed by atoms with E-state index in [1.807, 2.05) is 23.9 Å². The first-order valence-electron chi connectivity index (χ1n) is 8.89. The molecule has 0 aliphatic carbocycles. The fraction of sp³-hybridized carbons (Fsp3) is 0.500. The monoisotopic (exact) mass is 341 g/mol. The van der Waals surface area contributed by atoms with E-state index in [9.17, 15) is 9.59 Å². The van der Waals surface area contributed by atoms with E-state index >= 15 is 0 Å². The van der Waals surface area contributed by atoms with Crippen molar-refractivity contribution in [3.8, 4) is 0 Å². The van der Waals surface area contributed by atoms with E-state index in [1.54, 1.807) is 0 Å². The van der Waals surface area contributed by atoms with Crippen LogP contribution in [0.15, 0.2) is 18.2 Å². The molecule has 25 heavy (non-hydrogen) atoms. The summed E-state index contributed by atoms with van der Waals surface area (Å²) >= 11 is 0. The van der Waals surface area contributed by atoms with E-state index < -0.39 is 0 Å². The normalized spacial score (nSPS) is 24.4. The van der Waals surface area contributed by atoms with Crippen molar-refractivity contribution in [3.05, 3.63) is 23.9 Å².